The number of hydrogen-bond donors (Lipinski definition) is 0. The highest BCUT2D eigenvalue weighted by atomic mass is 19.1. The molecule has 0 atom stereocenters. The van der Waals surface area contributed by atoms with Gasteiger partial charge in [0, 0.05) is 12.5 Å². The van der Waals surface area contributed by atoms with Crippen LogP contribution >= 0.6 is 0 Å². The van der Waals surface area contributed by atoms with Crippen LogP contribution in [0.5, 0.6) is 0 Å². The molecule has 0 amide bonds. The van der Waals surface area contributed by atoms with Gasteiger partial charge in [0.1, 0.15) is 12.1 Å². The number of nitrogens with zero attached hydrogens (tertiary/aromatic N) is 5. The number of aryl methyl sites for hydroxylation is 1. The van der Waals surface area contributed by atoms with Gasteiger partial charge in [-0.1, -0.05) is 17.2 Å². The van der Waals surface area contributed by atoms with E-state index >= 15 is 0 Å². The Labute approximate surface area is 150 Å². The Bertz CT molecular complexity index is 1110. The number of terminal acetylenes is 1. The number of fused-ring (bicyclic) bond motifs is 5. The summed E-state index contributed by atoms with van der Waals surface area (Å²) in [5, 5.41) is 8.39. The SMILES string of the molecule is C#C/C=C\C(=C/C)c1ncn2c1Cc1c(C)nnn1-c1cc(F)ccc1-2. The molecule has 0 aliphatic carbocycles. The van der Waals surface area contributed by atoms with E-state index in [4.69, 9.17) is 6.42 Å². The minimum absolute atomic E-state index is 0.322. The highest BCUT2D eigenvalue weighted by Crippen LogP contribution is 2.32. The molecule has 0 spiro atoms. The fourth-order valence-corrected chi connectivity index (χ4v) is 3.24. The molecule has 0 N–H and O–H groups in total. The molecule has 4 rings (SSSR count). The van der Waals surface area contributed by atoms with Crippen LogP contribution in [0.2, 0.25) is 0 Å². The first-order chi connectivity index (χ1) is 12.6. The van der Waals surface area contributed by atoms with Gasteiger partial charge in [0.15, 0.2) is 0 Å². The predicted molar refractivity (Wildman–Crippen MR) is 97.6 cm³/mol. The number of allylic oxidation sites excluding steroid dienone is 4. The van der Waals surface area contributed by atoms with E-state index in [9.17, 15) is 4.39 Å². The largest absolute Gasteiger partial charge is 0.300 e. The van der Waals surface area contributed by atoms with Crippen LogP contribution < -0.4 is 0 Å². The molecule has 0 unspecified atom stereocenters. The van der Waals surface area contributed by atoms with E-state index in [-0.39, 0.29) is 5.82 Å². The molecule has 1 aromatic carbocycles. The van der Waals surface area contributed by atoms with Crippen molar-refractivity contribution < 1.29 is 4.39 Å². The fourth-order valence-electron chi connectivity index (χ4n) is 3.24. The van der Waals surface area contributed by atoms with E-state index in [2.05, 4.69) is 21.2 Å². The van der Waals surface area contributed by atoms with Crippen LogP contribution in [0.1, 0.15) is 29.7 Å². The van der Waals surface area contributed by atoms with Crippen LogP contribution in [0.25, 0.3) is 16.9 Å². The van der Waals surface area contributed by atoms with Gasteiger partial charge in [0.05, 0.1) is 34.2 Å². The van der Waals surface area contributed by atoms with Crippen molar-refractivity contribution in [2.24, 2.45) is 0 Å². The van der Waals surface area contributed by atoms with Crippen molar-refractivity contribution in [3.63, 3.8) is 0 Å². The van der Waals surface area contributed by atoms with Crippen LogP contribution in [-0.2, 0) is 6.42 Å². The number of aromatic nitrogens is 5. The van der Waals surface area contributed by atoms with Crippen LogP contribution in [0, 0.1) is 25.1 Å². The second kappa shape index (κ2) is 6.12. The molecule has 0 radical (unpaired) electrons. The smallest absolute Gasteiger partial charge is 0.125 e. The first-order valence-electron chi connectivity index (χ1n) is 8.21. The van der Waals surface area contributed by atoms with Gasteiger partial charge in [-0.15, -0.1) is 11.5 Å². The molecule has 0 saturated carbocycles. The van der Waals surface area contributed by atoms with Crippen molar-refractivity contribution in [2.75, 3.05) is 0 Å². The average Bonchev–Trinajstić information content (AvgIpc) is 3.17. The maximum atomic E-state index is 13.9. The summed E-state index contributed by atoms with van der Waals surface area (Å²) >= 11 is 0. The lowest BCUT2D eigenvalue weighted by atomic mass is 10.1. The average molecular weight is 345 g/mol. The molecule has 2 aromatic heterocycles. The van der Waals surface area contributed by atoms with Crippen LogP contribution in [-0.4, -0.2) is 24.5 Å². The molecule has 6 heteroatoms. The summed E-state index contributed by atoms with van der Waals surface area (Å²) in [4.78, 5) is 4.60. The second-order valence-corrected chi connectivity index (χ2v) is 6.00. The Morgan fingerprint density at radius 2 is 2.15 bits per heavy atom. The van der Waals surface area contributed by atoms with E-state index < -0.39 is 0 Å². The Balaban J connectivity index is 2.00. The summed E-state index contributed by atoms with van der Waals surface area (Å²) in [6, 6.07) is 4.64. The topological polar surface area (TPSA) is 48.5 Å². The number of imidazole rings is 1. The van der Waals surface area contributed by atoms with E-state index in [1.807, 2.05) is 30.6 Å². The third-order valence-electron chi connectivity index (χ3n) is 4.53. The van der Waals surface area contributed by atoms with Crippen molar-refractivity contribution in [2.45, 2.75) is 20.3 Å². The Hall–Kier alpha value is -3.46. The zero-order valence-corrected chi connectivity index (χ0v) is 14.4. The number of halogens is 1. The lowest BCUT2D eigenvalue weighted by Gasteiger charge is -2.10. The third-order valence-corrected chi connectivity index (χ3v) is 4.53. The Morgan fingerprint density at radius 1 is 1.31 bits per heavy atom. The summed E-state index contributed by atoms with van der Waals surface area (Å²) in [5.74, 6) is 2.19. The Kier molecular flexibility index (Phi) is 3.77. The summed E-state index contributed by atoms with van der Waals surface area (Å²) in [5.41, 5.74) is 5.92. The highest BCUT2D eigenvalue weighted by Gasteiger charge is 2.25. The van der Waals surface area contributed by atoms with Gasteiger partial charge < -0.3 is 4.57 Å². The van der Waals surface area contributed by atoms with Gasteiger partial charge in [0.25, 0.3) is 0 Å². The van der Waals surface area contributed by atoms with Gasteiger partial charge in [-0.2, -0.15) is 0 Å². The number of hydrogen-bond acceptors (Lipinski definition) is 3. The second-order valence-electron chi connectivity index (χ2n) is 6.00. The summed E-state index contributed by atoms with van der Waals surface area (Å²) in [6.07, 6.45) is 13.2. The van der Waals surface area contributed by atoms with E-state index in [1.165, 1.54) is 12.1 Å². The van der Waals surface area contributed by atoms with Crippen molar-refractivity contribution in [3.05, 3.63) is 71.3 Å². The molecule has 26 heavy (non-hydrogen) atoms. The van der Waals surface area contributed by atoms with Gasteiger partial charge >= 0.3 is 0 Å². The molecule has 1 aliphatic heterocycles. The summed E-state index contributed by atoms with van der Waals surface area (Å²) in [6.45, 7) is 3.84. The van der Waals surface area contributed by atoms with Crippen molar-refractivity contribution in [1.82, 2.24) is 24.5 Å². The molecule has 1 aliphatic rings. The number of benzene rings is 1. The van der Waals surface area contributed by atoms with Crippen molar-refractivity contribution in [3.8, 4) is 23.7 Å². The van der Waals surface area contributed by atoms with E-state index in [0.717, 1.165) is 34.0 Å². The van der Waals surface area contributed by atoms with E-state index in [1.54, 1.807) is 23.2 Å². The van der Waals surface area contributed by atoms with Crippen LogP contribution in [0.15, 0.2) is 42.8 Å². The van der Waals surface area contributed by atoms with Gasteiger partial charge in [0.2, 0.25) is 0 Å². The molecule has 0 bridgehead atoms. The third kappa shape index (κ3) is 2.37. The monoisotopic (exact) mass is 345 g/mol. The van der Waals surface area contributed by atoms with Crippen molar-refractivity contribution in [1.29, 1.82) is 0 Å². The highest BCUT2D eigenvalue weighted by molar-refractivity contribution is 5.74. The minimum atomic E-state index is -0.322. The van der Waals surface area contributed by atoms with Crippen molar-refractivity contribution >= 4 is 5.57 Å². The molecular weight excluding hydrogens is 329 g/mol. The standard InChI is InChI=1S/C20H16FN5/c1-4-6-7-14(5-2)20-19-11-17-13(3)23-24-26(17)18-10-15(21)8-9-16(18)25(19)12-22-20/h1,5-10,12H,11H2,2-3H3/b7-6-,14-5+. The molecule has 3 aromatic rings. The zero-order chi connectivity index (χ0) is 18.3. The summed E-state index contributed by atoms with van der Waals surface area (Å²) in [7, 11) is 0. The lowest BCUT2D eigenvalue weighted by Crippen LogP contribution is -2.04. The normalized spacial score (nSPS) is 13.1. The van der Waals surface area contributed by atoms with Crippen LogP contribution in [0.3, 0.4) is 0 Å². The predicted octanol–water partition coefficient (Wildman–Crippen LogP) is 3.40. The first kappa shape index (κ1) is 16.0. The molecule has 128 valence electrons. The quantitative estimate of drug-likeness (QED) is 0.413. The molecule has 0 fully saturated rings. The van der Waals surface area contributed by atoms with Gasteiger partial charge in [-0.25, -0.2) is 14.1 Å². The summed E-state index contributed by atoms with van der Waals surface area (Å²) < 4.78 is 17.6. The van der Waals surface area contributed by atoms with Gasteiger partial charge in [-0.05, 0) is 43.7 Å². The maximum absolute atomic E-state index is 13.9. The first-order valence-corrected chi connectivity index (χ1v) is 8.21. The minimum Gasteiger partial charge on any atom is -0.300 e. The molecule has 5 nitrogen and oxygen atoms in total. The maximum Gasteiger partial charge on any atom is 0.125 e. The number of rotatable bonds is 2. The molecule has 3 heterocycles. The zero-order valence-electron chi connectivity index (χ0n) is 14.4. The lowest BCUT2D eigenvalue weighted by molar-refractivity contribution is 0.624. The molecular formula is C20H16FN5. The van der Waals surface area contributed by atoms with E-state index in [0.29, 0.717) is 12.1 Å². The fraction of sp³-hybridized carbons (Fsp3) is 0.150. The van der Waals surface area contributed by atoms with Gasteiger partial charge in [-0.3, -0.25) is 0 Å². The van der Waals surface area contributed by atoms with Crippen LogP contribution in [0.4, 0.5) is 4.39 Å². The molecule has 0 saturated heterocycles. The Morgan fingerprint density at radius 3 is 2.92 bits per heavy atom.